The molecule has 0 spiro atoms. The molecule has 0 bridgehead atoms. The van der Waals surface area contributed by atoms with Crippen molar-refractivity contribution in [3.8, 4) is 11.3 Å². The molecule has 0 fully saturated rings. The number of amides is 1. The van der Waals surface area contributed by atoms with Crippen LogP contribution in [0.1, 0.15) is 24.0 Å². The first-order valence-electron chi connectivity index (χ1n) is 7.95. The van der Waals surface area contributed by atoms with E-state index in [4.69, 9.17) is 8.83 Å². The smallest absolute Gasteiger partial charge is 0.220 e. The molecule has 0 saturated heterocycles. The van der Waals surface area contributed by atoms with Crippen LogP contribution in [0.5, 0.6) is 0 Å². The molecule has 1 unspecified atom stereocenters. The summed E-state index contributed by atoms with van der Waals surface area (Å²) >= 11 is 0. The molecule has 6 heteroatoms. The molecule has 1 amide bonds. The summed E-state index contributed by atoms with van der Waals surface area (Å²) in [5.41, 5.74) is 0.389. The molecule has 2 heterocycles. The van der Waals surface area contributed by atoms with Gasteiger partial charge in [-0.3, -0.25) is 4.79 Å². The molecule has 0 aliphatic rings. The number of furan rings is 2. The van der Waals surface area contributed by atoms with Gasteiger partial charge in [0.15, 0.2) is 0 Å². The third-order valence-electron chi connectivity index (χ3n) is 3.76. The highest BCUT2D eigenvalue weighted by Gasteiger charge is 2.13. The molecule has 5 nitrogen and oxygen atoms in total. The van der Waals surface area contributed by atoms with Gasteiger partial charge in [0.2, 0.25) is 5.91 Å². The van der Waals surface area contributed by atoms with E-state index < -0.39 is 6.10 Å². The lowest BCUT2D eigenvalue weighted by molar-refractivity contribution is -0.121. The van der Waals surface area contributed by atoms with E-state index in [2.05, 4.69) is 5.32 Å². The lowest BCUT2D eigenvalue weighted by Crippen LogP contribution is -2.28. The van der Waals surface area contributed by atoms with Gasteiger partial charge in [-0.05, 0) is 36.4 Å². The number of nitrogens with one attached hydrogen (secondary N) is 1. The second kappa shape index (κ2) is 7.81. The molecule has 0 aliphatic heterocycles. The number of halogens is 1. The average molecular weight is 343 g/mol. The van der Waals surface area contributed by atoms with Crippen molar-refractivity contribution in [3.05, 3.63) is 72.1 Å². The van der Waals surface area contributed by atoms with Crippen molar-refractivity contribution in [1.82, 2.24) is 5.32 Å². The van der Waals surface area contributed by atoms with Crippen molar-refractivity contribution in [2.75, 3.05) is 6.54 Å². The molecule has 3 aromatic rings. The number of hydrogen-bond acceptors (Lipinski definition) is 4. The van der Waals surface area contributed by atoms with Gasteiger partial charge in [-0.25, -0.2) is 4.39 Å². The number of hydrogen-bond donors (Lipinski definition) is 2. The number of aliphatic hydroxyl groups is 1. The standard InChI is InChI=1S/C19H18FNO4/c20-15-5-2-1-4-14(15)17-9-7-13(25-17)8-10-19(23)21-12-16(22)18-6-3-11-24-18/h1-7,9,11,16,22H,8,10,12H2,(H,21,23). The van der Waals surface area contributed by atoms with Gasteiger partial charge in [0.25, 0.3) is 0 Å². The quantitative estimate of drug-likeness (QED) is 0.689. The van der Waals surface area contributed by atoms with Crippen LogP contribution < -0.4 is 5.32 Å². The van der Waals surface area contributed by atoms with Crippen LogP contribution in [0, 0.1) is 5.82 Å². The molecule has 1 aromatic carbocycles. The third kappa shape index (κ3) is 4.36. The predicted octanol–water partition coefficient (Wildman–Crippen LogP) is 3.46. The fraction of sp³-hybridized carbons (Fsp3) is 0.211. The van der Waals surface area contributed by atoms with Crippen LogP contribution >= 0.6 is 0 Å². The zero-order valence-corrected chi connectivity index (χ0v) is 13.4. The van der Waals surface area contributed by atoms with E-state index in [0.29, 0.717) is 29.3 Å². The molecule has 0 saturated carbocycles. The number of aryl methyl sites for hydroxylation is 1. The topological polar surface area (TPSA) is 75.6 Å². The minimum Gasteiger partial charge on any atom is -0.467 e. The van der Waals surface area contributed by atoms with Crippen LogP contribution in [0.2, 0.25) is 0 Å². The van der Waals surface area contributed by atoms with Gasteiger partial charge in [0, 0.05) is 12.8 Å². The second-order valence-electron chi connectivity index (χ2n) is 5.58. The maximum absolute atomic E-state index is 13.7. The highest BCUT2D eigenvalue weighted by molar-refractivity contribution is 5.76. The van der Waals surface area contributed by atoms with E-state index in [1.165, 1.54) is 12.3 Å². The van der Waals surface area contributed by atoms with E-state index in [1.54, 1.807) is 42.5 Å². The number of carbonyl (C=O) groups is 1. The Balaban J connectivity index is 1.49. The van der Waals surface area contributed by atoms with Crippen molar-refractivity contribution in [3.63, 3.8) is 0 Å². The van der Waals surface area contributed by atoms with Crippen molar-refractivity contribution >= 4 is 5.91 Å². The lowest BCUT2D eigenvalue weighted by Gasteiger charge is -2.09. The fourth-order valence-electron chi connectivity index (χ4n) is 2.44. The Morgan fingerprint density at radius 1 is 1.16 bits per heavy atom. The van der Waals surface area contributed by atoms with Gasteiger partial charge in [-0.1, -0.05) is 12.1 Å². The molecule has 0 radical (unpaired) electrons. The van der Waals surface area contributed by atoms with Crippen LogP contribution in [0.15, 0.2) is 63.6 Å². The van der Waals surface area contributed by atoms with Crippen molar-refractivity contribution in [1.29, 1.82) is 0 Å². The van der Waals surface area contributed by atoms with E-state index in [9.17, 15) is 14.3 Å². The maximum Gasteiger partial charge on any atom is 0.220 e. The predicted molar refractivity (Wildman–Crippen MR) is 89.1 cm³/mol. The van der Waals surface area contributed by atoms with Gasteiger partial charge in [-0.2, -0.15) is 0 Å². The molecule has 0 aliphatic carbocycles. The van der Waals surface area contributed by atoms with E-state index >= 15 is 0 Å². The zero-order chi connectivity index (χ0) is 17.6. The first-order chi connectivity index (χ1) is 12.1. The summed E-state index contributed by atoms with van der Waals surface area (Å²) in [6.45, 7) is 0.0744. The summed E-state index contributed by atoms with van der Waals surface area (Å²) in [7, 11) is 0. The lowest BCUT2D eigenvalue weighted by atomic mass is 10.1. The molecule has 1 atom stereocenters. The van der Waals surface area contributed by atoms with Crippen molar-refractivity contribution in [2.45, 2.75) is 18.9 Å². The Morgan fingerprint density at radius 3 is 2.76 bits per heavy atom. The number of benzene rings is 1. The Hall–Kier alpha value is -2.86. The van der Waals surface area contributed by atoms with Crippen LogP contribution in [0.4, 0.5) is 4.39 Å². The average Bonchev–Trinajstić information content (AvgIpc) is 3.30. The van der Waals surface area contributed by atoms with Gasteiger partial charge in [0.1, 0.15) is 29.2 Å². The minimum atomic E-state index is -0.879. The minimum absolute atomic E-state index is 0.0744. The SMILES string of the molecule is O=C(CCc1ccc(-c2ccccc2F)o1)NCC(O)c1ccco1. The van der Waals surface area contributed by atoms with Crippen LogP contribution in [-0.2, 0) is 11.2 Å². The maximum atomic E-state index is 13.7. The molecule has 2 N–H and O–H groups in total. The normalized spacial score (nSPS) is 12.1. The summed E-state index contributed by atoms with van der Waals surface area (Å²) in [4.78, 5) is 11.9. The number of aliphatic hydroxyl groups excluding tert-OH is 1. The first-order valence-corrected chi connectivity index (χ1v) is 7.95. The van der Waals surface area contributed by atoms with E-state index in [1.807, 2.05) is 0 Å². The molecular weight excluding hydrogens is 325 g/mol. The summed E-state index contributed by atoms with van der Waals surface area (Å²) in [6, 6.07) is 13.1. The fourth-order valence-corrected chi connectivity index (χ4v) is 2.44. The van der Waals surface area contributed by atoms with Crippen LogP contribution in [-0.4, -0.2) is 17.6 Å². The Morgan fingerprint density at radius 2 is 2.00 bits per heavy atom. The monoisotopic (exact) mass is 343 g/mol. The summed E-state index contributed by atoms with van der Waals surface area (Å²) < 4.78 is 24.4. The summed E-state index contributed by atoms with van der Waals surface area (Å²) in [6.07, 6.45) is 1.17. The Labute approximate surface area is 144 Å². The first kappa shape index (κ1) is 17.0. The molecular formula is C19H18FNO4. The van der Waals surface area contributed by atoms with Crippen molar-refractivity contribution in [2.24, 2.45) is 0 Å². The largest absolute Gasteiger partial charge is 0.467 e. The molecule has 2 aromatic heterocycles. The van der Waals surface area contributed by atoms with E-state index in [-0.39, 0.29) is 24.7 Å². The highest BCUT2D eigenvalue weighted by Crippen LogP contribution is 2.25. The van der Waals surface area contributed by atoms with Gasteiger partial charge in [0.05, 0.1) is 18.4 Å². The van der Waals surface area contributed by atoms with Crippen LogP contribution in [0.3, 0.4) is 0 Å². The second-order valence-corrected chi connectivity index (χ2v) is 5.58. The zero-order valence-electron chi connectivity index (χ0n) is 13.4. The number of rotatable bonds is 7. The Kier molecular flexibility index (Phi) is 5.30. The number of carbonyl (C=O) groups excluding carboxylic acids is 1. The molecule has 3 rings (SSSR count). The van der Waals surface area contributed by atoms with Crippen molar-refractivity contribution < 1.29 is 23.1 Å². The van der Waals surface area contributed by atoms with E-state index in [0.717, 1.165) is 0 Å². The molecule has 25 heavy (non-hydrogen) atoms. The summed E-state index contributed by atoms with van der Waals surface area (Å²) in [5, 5.41) is 12.5. The van der Waals surface area contributed by atoms with Gasteiger partial charge in [-0.15, -0.1) is 0 Å². The highest BCUT2D eigenvalue weighted by atomic mass is 19.1. The third-order valence-corrected chi connectivity index (χ3v) is 3.76. The Bertz CT molecular complexity index is 826. The van der Waals surface area contributed by atoms with Gasteiger partial charge < -0.3 is 19.3 Å². The summed E-state index contributed by atoms with van der Waals surface area (Å²) in [5.74, 6) is 0.866. The van der Waals surface area contributed by atoms with Gasteiger partial charge >= 0.3 is 0 Å². The van der Waals surface area contributed by atoms with Crippen LogP contribution in [0.25, 0.3) is 11.3 Å². The molecule has 130 valence electrons.